The van der Waals surface area contributed by atoms with E-state index >= 15 is 0 Å². The van der Waals surface area contributed by atoms with Crippen LogP contribution < -0.4 is 0 Å². The zero-order chi connectivity index (χ0) is 38.3. The van der Waals surface area contributed by atoms with Gasteiger partial charge in [0.25, 0.3) is 0 Å². The van der Waals surface area contributed by atoms with Crippen molar-refractivity contribution >= 4 is 88.3 Å². The molecule has 0 unspecified atom stereocenters. The second kappa shape index (κ2) is 13.0. The average molecular weight is 856 g/mol. The van der Waals surface area contributed by atoms with E-state index in [1.54, 1.807) is 0 Å². The Kier molecular flexibility index (Phi) is 7.43. The summed E-state index contributed by atoms with van der Waals surface area (Å²) in [5, 5.41) is 6.73. The Labute approximate surface area is 346 Å². The molecule has 0 saturated carbocycles. The van der Waals surface area contributed by atoms with Crippen molar-refractivity contribution in [3.8, 4) is 50.7 Å². The van der Waals surface area contributed by atoms with Gasteiger partial charge in [0, 0.05) is 49.0 Å². The van der Waals surface area contributed by atoms with Gasteiger partial charge < -0.3 is 13.4 Å². The molecule has 0 aliphatic carbocycles. The molecule has 58 heavy (non-hydrogen) atoms. The lowest BCUT2D eigenvalue weighted by atomic mass is 9.98. The predicted molar refractivity (Wildman–Crippen MR) is 245 cm³/mol. The Morgan fingerprint density at radius 1 is 0.397 bits per heavy atom. The third kappa shape index (κ3) is 5.01. The van der Waals surface area contributed by atoms with Crippen LogP contribution in [0.4, 0.5) is 0 Å². The molecule has 0 saturated heterocycles. The quantitative estimate of drug-likeness (QED) is 0.162. The van der Waals surface area contributed by atoms with Crippen molar-refractivity contribution in [3.63, 3.8) is 0 Å². The van der Waals surface area contributed by atoms with Gasteiger partial charge in [0.2, 0.25) is 0 Å². The molecule has 0 aliphatic rings. The highest BCUT2D eigenvalue weighted by Gasteiger charge is 2.23. The first-order valence-corrected chi connectivity index (χ1v) is 20.3. The van der Waals surface area contributed by atoms with E-state index in [1.165, 1.54) is 0 Å². The van der Waals surface area contributed by atoms with Gasteiger partial charge in [-0.3, -0.25) is 0 Å². The molecule has 8 aromatic carbocycles. The molecule has 0 N–H and O–H groups in total. The zero-order valence-corrected chi connectivity index (χ0v) is 33.0. The van der Waals surface area contributed by atoms with E-state index in [-0.39, 0.29) is 0 Å². The number of hydrogen-bond donors (Lipinski definition) is 0. The number of para-hydroxylation sites is 3. The second-order valence-electron chi connectivity index (χ2n) is 14.6. The van der Waals surface area contributed by atoms with Gasteiger partial charge in [-0.1, -0.05) is 127 Å². The highest BCUT2D eigenvalue weighted by atomic mass is 127. The van der Waals surface area contributed by atoms with E-state index in [1.807, 2.05) is 30.3 Å². The maximum Gasteiger partial charge on any atom is 0.162 e. The van der Waals surface area contributed by atoms with E-state index in [9.17, 15) is 0 Å². The fraction of sp³-hybridized carbons (Fsp3) is 0. The molecule has 6 heteroatoms. The van der Waals surface area contributed by atoms with Crippen molar-refractivity contribution in [2.24, 2.45) is 0 Å². The SMILES string of the molecule is Ic1c(-c2ccccc2)nc(-c2ccccc2-n2c3ccccc3c3c4c(ccc32)oc2ccccc24)nc1-c1ccc2c(c1)oc1cccc(-c3ccccc3)c12. The Bertz CT molecular complexity index is 3580. The number of rotatable bonds is 5. The van der Waals surface area contributed by atoms with Crippen molar-refractivity contribution in [3.05, 3.63) is 186 Å². The maximum atomic E-state index is 6.59. The molecule has 272 valence electrons. The summed E-state index contributed by atoms with van der Waals surface area (Å²) in [4.78, 5) is 10.8. The molecular weight excluding hydrogens is 825 g/mol. The molecule has 0 bridgehead atoms. The fourth-order valence-corrected chi connectivity index (χ4v) is 9.63. The smallest absolute Gasteiger partial charge is 0.162 e. The van der Waals surface area contributed by atoms with Crippen molar-refractivity contribution in [2.75, 3.05) is 0 Å². The monoisotopic (exact) mass is 855 g/mol. The Morgan fingerprint density at radius 2 is 1.02 bits per heavy atom. The predicted octanol–water partition coefficient (Wildman–Crippen LogP) is 14.6. The van der Waals surface area contributed by atoms with Gasteiger partial charge in [0.15, 0.2) is 5.82 Å². The van der Waals surface area contributed by atoms with E-state index in [2.05, 4.69) is 179 Å². The lowest BCUT2D eigenvalue weighted by Gasteiger charge is -2.16. The molecule has 0 spiro atoms. The summed E-state index contributed by atoms with van der Waals surface area (Å²) < 4.78 is 16.3. The van der Waals surface area contributed by atoms with Gasteiger partial charge in [-0.05, 0) is 88.3 Å². The summed E-state index contributed by atoms with van der Waals surface area (Å²) in [6, 6.07) is 63.3. The van der Waals surface area contributed by atoms with Crippen LogP contribution in [-0.4, -0.2) is 14.5 Å². The van der Waals surface area contributed by atoms with Gasteiger partial charge in [-0.15, -0.1) is 0 Å². The molecule has 0 radical (unpaired) electrons. The van der Waals surface area contributed by atoms with Gasteiger partial charge in [-0.25, -0.2) is 9.97 Å². The second-order valence-corrected chi connectivity index (χ2v) is 15.7. The highest BCUT2D eigenvalue weighted by molar-refractivity contribution is 14.1. The molecule has 5 nitrogen and oxygen atoms in total. The van der Waals surface area contributed by atoms with Crippen molar-refractivity contribution in [2.45, 2.75) is 0 Å². The van der Waals surface area contributed by atoms with Crippen LogP contribution in [0.25, 0.3) is 116 Å². The van der Waals surface area contributed by atoms with E-state index < -0.39 is 0 Å². The number of aromatic nitrogens is 3. The van der Waals surface area contributed by atoms with Crippen molar-refractivity contribution < 1.29 is 8.83 Å². The minimum atomic E-state index is 0.640. The molecule has 0 atom stereocenters. The summed E-state index contributed by atoms with van der Waals surface area (Å²) >= 11 is 2.42. The number of fused-ring (bicyclic) bond motifs is 10. The van der Waals surface area contributed by atoms with Crippen molar-refractivity contribution in [1.29, 1.82) is 0 Å². The third-order valence-electron chi connectivity index (χ3n) is 11.3. The van der Waals surface area contributed by atoms with Crippen LogP contribution in [0.5, 0.6) is 0 Å². The number of benzene rings is 8. The van der Waals surface area contributed by atoms with Crippen LogP contribution in [0.15, 0.2) is 191 Å². The summed E-state index contributed by atoms with van der Waals surface area (Å²) in [5.74, 6) is 0.640. The van der Waals surface area contributed by atoms with Crippen LogP contribution in [0.3, 0.4) is 0 Å². The third-order valence-corrected chi connectivity index (χ3v) is 12.3. The van der Waals surface area contributed by atoms with E-state index in [4.69, 9.17) is 18.8 Å². The minimum absolute atomic E-state index is 0.640. The minimum Gasteiger partial charge on any atom is -0.456 e. The maximum absolute atomic E-state index is 6.59. The summed E-state index contributed by atoms with van der Waals surface area (Å²) in [7, 11) is 0. The van der Waals surface area contributed by atoms with E-state index in [0.717, 1.165) is 114 Å². The van der Waals surface area contributed by atoms with Crippen LogP contribution in [-0.2, 0) is 0 Å². The molecule has 4 aromatic heterocycles. The Balaban J connectivity index is 1.10. The lowest BCUT2D eigenvalue weighted by Crippen LogP contribution is -2.03. The van der Waals surface area contributed by atoms with Gasteiger partial charge in [0.1, 0.15) is 22.3 Å². The Morgan fingerprint density at radius 3 is 1.86 bits per heavy atom. The summed E-state index contributed by atoms with van der Waals surface area (Å²) in [5.41, 5.74) is 13.6. The normalized spacial score (nSPS) is 11.9. The number of halogens is 1. The summed E-state index contributed by atoms with van der Waals surface area (Å²) in [6.07, 6.45) is 0. The first kappa shape index (κ1) is 33.1. The topological polar surface area (TPSA) is 57.0 Å². The zero-order valence-electron chi connectivity index (χ0n) is 30.9. The highest BCUT2D eigenvalue weighted by Crippen LogP contribution is 2.44. The van der Waals surface area contributed by atoms with Gasteiger partial charge >= 0.3 is 0 Å². The first-order chi connectivity index (χ1) is 28.7. The molecular formula is C52H30IN3O2. The number of furan rings is 2. The number of nitrogens with zero attached hydrogens (tertiary/aromatic N) is 3. The molecule has 0 amide bonds. The molecule has 12 rings (SSSR count). The average Bonchev–Trinajstić information content (AvgIpc) is 3.96. The van der Waals surface area contributed by atoms with E-state index in [0.29, 0.717) is 5.82 Å². The molecule has 4 heterocycles. The van der Waals surface area contributed by atoms with Crippen LogP contribution >= 0.6 is 22.6 Å². The standard InChI is InChI=1S/C52H30IN3O2/c53-49-50(32-16-5-2-6-17-32)54-52(55-51(49)33-26-27-38-45(30-33)58-43-25-13-21-34(46(38)43)31-14-3-1-4-15-31)36-19-8-11-23-40(36)56-39-22-10-7-18-35(39)47-41(56)28-29-44-48(47)37-20-9-12-24-42(37)57-44/h1-30H. The first-order valence-electron chi connectivity index (χ1n) is 19.3. The van der Waals surface area contributed by atoms with Gasteiger partial charge in [-0.2, -0.15) is 0 Å². The van der Waals surface area contributed by atoms with Gasteiger partial charge in [0.05, 0.1) is 31.7 Å². The lowest BCUT2D eigenvalue weighted by molar-refractivity contribution is 0.669. The van der Waals surface area contributed by atoms with Crippen LogP contribution in [0.2, 0.25) is 0 Å². The fourth-order valence-electron chi connectivity index (χ4n) is 8.77. The Hall–Kier alpha value is -7.03. The molecule has 0 aliphatic heterocycles. The summed E-state index contributed by atoms with van der Waals surface area (Å²) in [6.45, 7) is 0. The van der Waals surface area contributed by atoms with Crippen molar-refractivity contribution in [1.82, 2.24) is 14.5 Å². The van der Waals surface area contributed by atoms with Crippen LogP contribution in [0.1, 0.15) is 0 Å². The van der Waals surface area contributed by atoms with Crippen LogP contribution in [0, 0.1) is 3.57 Å². The molecule has 12 aromatic rings. The molecule has 0 fully saturated rings. The largest absolute Gasteiger partial charge is 0.456 e. The number of hydrogen-bond acceptors (Lipinski definition) is 4.